The standard InChI is InChI=1S/C26H28N4O4S/c1-5-6-11-34-20-10-7-16(12-21(20)33-4)18-14-23(31)28-25-24(18)15(2)29-30(25)26-27-19-9-8-17(32-3)13-22(19)35-26/h7-10,12-13,18H,5-6,11,14H2,1-4H3,(H,28,31). The van der Waals surface area contributed by atoms with Crippen LogP contribution in [0.25, 0.3) is 15.3 Å². The number of rotatable bonds is 8. The molecule has 3 heterocycles. The average molecular weight is 493 g/mol. The Balaban J connectivity index is 1.54. The molecule has 8 nitrogen and oxygen atoms in total. The van der Waals surface area contributed by atoms with E-state index >= 15 is 0 Å². The Kier molecular flexibility index (Phi) is 6.34. The van der Waals surface area contributed by atoms with Crippen molar-refractivity contribution in [2.24, 2.45) is 0 Å². The van der Waals surface area contributed by atoms with Crippen LogP contribution in [-0.4, -0.2) is 41.5 Å². The number of carbonyl (C=O) groups is 1. The molecule has 0 spiro atoms. The molecule has 0 bridgehead atoms. The van der Waals surface area contributed by atoms with Gasteiger partial charge in [-0.1, -0.05) is 30.7 Å². The van der Waals surface area contributed by atoms with Crippen molar-refractivity contribution in [3.8, 4) is 22.4 Å². The van der Waals surface area contributed by atoms with Gasteiger partial charge in [0.1, 0.15) is 11.6 Å². The van der Waals surface area contributed by atoms with Crippen LogP contribution in [0, 0.1) is 6.92 Å². The Bertz CT molecular complexity index is 1390. The highest BCUT2D eigenvalue weighted by atomic mass is 32.1. The van der Waals surface area contributed by atoms with E-state index in [4.69, 9.17) is 24.3 Å². The number of methoxy groups -OCH3 is 2. The lowest BCUT2D eigenvalue weighted by molar-refractivity contribution is -0.116. The zero-order chi connectivity index (χ0) is 24.5. The predicted octanol–water partition coefficient (Wildman–Crippen LogP) is 5.46. The maximum absolute atomic E-state index is 12.8. The first kappa shape index (κ1) is 23.2. The van der Waals surface area contributed by atoms with Gasteiger partial charge in [0.2, 0.25) is 11.0 Å². The number of fused-ring (bicyclic) bond motifs is 2. The monoisotopic (exact) mass is 492 g/mol. The lowest BCUT2D eigenvalue weighted by Gasteiger charge is -2.25. The smallest absolute Gasteiger partial charge is 0.226 e. The summed E-state index contributed by atoms with van der Waals surface area (Å²) in [6.45, 7) is 4.74. The zero-order valence-corrected chi connectivity index (χ0v) is 21.1. The van der Waals surface area contributed by atoms with Crippen molar-refractivity contribution < 1.29 is 19.0 Å². The summed E-state index contributed by atoms with van der Waals surface area (Å²) in [5.41, 5.74) is 3.68. The van der Waals surface area contributed by atoms with Crippen molar-refractivity contribution in [3.63, 3.8) is 0 Å². The van der Waals surface area contributed by atoms with Gasteiger partial charge < -0.3 is 19.5 Å². The van der Waals surface area contributed by atoms with Gasteiger partial charge in [-0.3, -0.25) is 4.79 Å². The quantitative estimate of drug-likeness (QED) is 0.329. The van der Waals surface area contributed by atoms with E-state index in [0.29, 0.717) is 35.5 Å². The minimum atomic E-state index is -0.152. The average Bonchev–Trinajstić information content (AvgIpc) is 3.43. The second-order valence-electron chi connectivity index (χ2n) is 8.51. The molecule has 1 aliphatic heterocycles. The number of anilines is 1. The second-order valence-corrected chi connectivity index (χ2v) is 9.52. The fraction of sp³-hybridized carbons (Fsp3) is 0.346. The molecule has 1 amide bonds. The van der Waals surface area contributed by atoms with Crippen molar-refractivity contribution in [1.82, 2.24) is 14.8 Å². The van der Waals surface area contributed by atoms with Crippen LogP contribution in [0.4, 0.5) is 5.82 Å². The van der Waals surface area contributed by atoms with Crippen molar-refractivity contribution in [2.75, 3.05) is 26.1 Å². The Hall–Kier alpha value is -3.59. The molecule has 1 atom stereocenters. The van der Waals surface area contributed by atoms with Gasteiger partial charge >= 0.3 is 0 Å². The van der Waals surface area contributed by atoms with Crippen molar-refractivity contribution in [3.05, 3.63) is 53.2 Å². The van der Waals surface area contributed by atoms with Crippen molar-refractivity contribution in [2.45, 2.75) is 39.0 Å². The highest BCUT2D eigenvalue weighted by Gasteiger charge is 2.33. The van der Waals surface area contributed by atoms with E-state index in [9.17, 15) is 4.79 Å². The molecule has 4 aromatic rings. The lowest BCUT2D eigenvalue weighted by Crippen LogP contribution is -2.25. The van der Waals surface area contributed by atoms with Gasteiger partial charge in [-0.05, 0) is 49.2 Å². The maximum Gasteiger partial charge on any atom is 0.226 e. The maximum atomic E-state index is 12.8. The van der Waals surface area contributed by atoms with Crippen LogP contribution in [0.15, 0.2) is 36.4 Å². The first-order valence-corrected chi connectivity index (χ1v) is 12.5. The molecular formula is C26H28N4O4S. The number of carbonyl (C=O) groups excluding carboxylic acids is 1. The third-order valence-electron chi connectivity index (χ3n) is 6.21. The summed E-state index contributed by atoms with van der Waals surface area (Å²) in [6.07, 6.45) is 2.37. The van der Waals surface area contributed by atoms with Gasteiger partial charge in [-0.25, -0.2) is 4.98 Å². The fourth-order valence-electron chi connectivity index (χ4n) is 4.43. The second kappa shape index (κ2) is 9.58. The number of nitrogens with one attached hydrogen (secondary N) is 1. The van der Waals surface area contributed by atoms with Crippen LogP contribution in [-0.2, 0) is 4.79 Å². The lowest BCUT2D eigenvalue weighted by atomic mass is 9.85. The number of aryl methyl sites for hydroxylation is 1. The van der Waals surface area contributed by atoms with E-state index in [1.54, 1.807) is 18.9 Å². The van der Waals surface area contributed by atoms with Crippen LogP contribution in [0.3, 0.4) is 0 Å². The van der Waals surface area contributed by atoms with E-state index < -0.39 is 0 Å². The van der Waals surface area contributed by atoms with Gasteiger partial charge in [0.15, 0.2) is 11.5 Å². The molecule has 182 valence electrons. The number of nitrogens with zero attached hydrogens (tertiary/aromatic N) is 3. The molecule has 0 saturated heterocycles. The number of hydrogen-bond donors (Lipinski definition) is 1. The Morgan fingerprint density at radius 2 is 2.00 bits per heavy atom. The highest BCUT2D eigenvalue weighted by Crippen LogP contribution is 2.43. The number of amides is 1. The number of benzene rings is 2. The Labute approximate surface area is 207 Å². The molecule has 1 N–H and O–H groups in total. The summed E-state index contributed by atoms with van der Waals surface area (Å²) in [6, 6.07) is 11.7. The summed E-state index contributed by atoms with van der Waals surface area (Å²) in [5, 5.41) is 8.51. The Morgan fingerprint density at radius 1 is 1.14 bits per heavy atom. The molecule has 1 aliphatic rings. The largest absolute Gasteiger partial charge is 0.497 e. The van der Waals surface area contributed by atoms with E-state index in [2.05, 4.69) is 12.2 Å². The van der Waals surface area contributed by atoms with Gasteiger partial charge in [-0.2, -0.15) is 9.78 Å². The summed E-state index contributed by atoms with van der Waals surface area (Å²) < 4.78 is 19.6. The number of unbranched alkanes of at least 4 members (excludes halogenated alkanes) is 1. The molecule has 2 aromatic heterocycles. The minimum absolute atomic E-state index is 0.0614. The molecule has 0 fully saturated rings. The van der Waals surface area contributed by atoms with Crippen molar-refractivity contribution >= 4 is 33.3 Å². The van der Waals surface area contributed by atoms with Gasteiger partial charge in [0, 0.05) is 17.9 Å². The van der Waals surface area contributed by atoms with Crippen molar-refractivity contribution in [1.29, 1.82) is 0 Å². The molecule has 0 saturated carbocycles. The number of thiazole rings is 1. The fourth-order valence-corrected chi connectivity index (χ4v) is 5.38. The third kappa shape index (κ3) is 4.32. The number of ether oxygens (including phenoxy) is 3. The van der Waals surface area contributed by atoms with Crippen LogP contribution in [0.1, 0.15) is 48.9 Å². The van der Waals surface area contributed by atoms with E-state index in [-0.39, 0.29) is 11.8 Å². The molecular weight excluding hydrogens is 464 g/mol. The number of aromatic nitrogens is 3. The molecule has 1 unspecified atom stereocenters. The van der Waals surface area contributed by atoms with Gasteiger partial charge in [-0.15, -0.1) is 0 Å². The summed E-state index contributed by atoms with van der Waals surface area (Å²) in [5.74, 6) is 2.60. The van der Waals surface area contributed by atoms with Crippen LogP contribution < -0.4 is 19.5 Å². The molecule has 0 radical (unpaired) electrons. The first-order chi connectivity index (χ1) is 17.0. The first-order valence-electron chi connectivity index (χ1n) is 11.7. The molecule has 2 aromatic carbocycles. The zero-order valence-electron chi connectivity index (χ0n) is 20.3. The third-order valence-corrected chi connectivity index (χ3v) is 7.21. The highest BCUT2D eigenvalue weighted by molar-refractivity contribution is 7.20. The van der Waals surface area contributed by atoms with E-state index in [0.717, 1.165) is 45.6 Å². The van der Waals surface area contributed by atoms with Crippen LogP contribution in [0.5, 0.6) is 17.2 Å². The summed E-state index contributed by atoms with van der Waals surface area (Å²) in [7, 11) is 3.28. The molecule has 5 rings (SSSR count). The SMILES string of the molecule is CCCCOc1ccc(C2CC(=O)Nc3c2c(C)nn3-c2nc3ccc(OC)cc3s2)cc1OC. The minimum Gasteiger partial charge on any atom is -0.497 e. The van der Waals surface area contributed by atoms with E-state index in [1.807, 2.05) is 43.3 Å². The van der Waals surface area contributed by atoms with Crippen LogP contribution in [0.2, 0.25) is 0 Å². The summed E-state index contributed by atoms with van der Waals surface area (Å²) >= 11 is 1.50. The molecule has 0 aliphatic carbocycles. The topological polar surface area (TPSA) is 87.5 Å². The van der Waals surface area contributed by atoms with Gasteiger partial charge in [0.25, 0.3) is 0 Å². The normalized spacial score (nSPS) is 15.1. The summed E-state index contributed by atoms with van der Waals surface area (Å²) in [4.78, 5) is 17.6. The number of hydrogen-bond acceptors (Lipinski definition) is 7. The van der Waals surface area contributed by atoms with E-state index in [1.165, 1.54) is 11.3 Å². The molecule has 35 heavy (non-hydrogen) atoms. The van der Waals surface area contributed by atoms with Gasteiger partial charge in [0.05, 0.1) is 36.7 Å². The molecule has 9 heteroatoms. The predicted molar refractivity (Wildman–Crippen MR) is 137 cm³/mol. The Morgan fingerprint density at radius 3 is 2.77 bits per heavy atom. The van der Waals surface area contributed by atoms with Crippen LogP contribution >= 0.6 is 11.3 Å².